The van der Waals surface area contributed by atoms with Gasteiger partial charge in [-0.05, 0) is 49.6 Å². The first-order valence-corrected chi connectivity index (χ1v) is 9.65. The maximum absolute atomic E-state index is 11.2. The van der Waals surface area contributed by atoms with Crippen LogP contribution in [0.15, 0.2) is 52.9 Å². The number of rotatable bonds is 9. The van der Waals surface area contributed by atoms with Gasteiger partial charge in [0, 0.05) is 18.0 Å². The molecule has 29 heavy (non-hydrogen) atoms. The molecule has 2 atom stereocenters. The van der Waals surface area contributed by atoms with Crippen molar-refractivity contribution in [2.24, 2.45) is 0 Å². The number of aliphatic hydroxyl groups excluding tert-OH is 1. The quantitative estimate of drug-likeness (QED) is 0.538. The third kappa shape index (κ3) is 5.59. The number of aliphatic hydroxyl groups is 1. The van der Waals surface area contributed by atoms with Gasteiger partial charge in [0.25, 0.3) is 0 Å². The molecule has 0 bridgehead atoms. The molecule has 0 aliphatic rings. The minimum absolute atomic E-state index is 0.103. The lowest BCUT2D eigenvalue weighted by Crippen LogP contribution is -2.32. The number of hydrogen-bond acceptors (Lipinski definition) is 6. The number of aryl methyl sites for hydroxylation is 1. The fourth-order valence-corrected chi connectivity index (χ4v) is 3.20. The van der Waals surface area contributed by atoms with Gasteiger partial charge in [-0.1, -0.05) is 30.3 Å². The van der Waals surface area contributed by atoms with E-state index in [0.29, 0.717) is 18.1 Å². The molecular weight excluding hydrogens is 370 g/mol. The molecule has 0 amide bonds. The van der Waals surface area contributed by atoms with Crippen LogP contribution in [0, 0.1) is 6.92 Å². The predicted octanol–water partition coefficient (Wildman–Crippen LogP) is 3.55. The molecule has 0 spiro atoms. The van der Waals surface area contributed by atoms with Crippen LogP contribution in [-0.2, 0) is 16.0 Å². The molecule has 2 unspecified atom stereocenters. The summed E-state index contributed by atoms with van der Waals surface area (Å²) in [4.78, 5) is 11.2. The molecule has 154 valence electrons. The second kappa shape index (κ2) is 9.58. The average molecular weight is 397 g/mol. The summed E-state index contributed by atoms with van der Waals surface area (Å²) in [6.45, 7) is 4.32. The Bertz CT molecular complexity index is 932. The van der Waals surface area contributed by atoms with Crippen molar-refractivity contribution in [2.75, 3.05) is 20.3 Å². The van der Waals surface area contributed by atoms with Gasteiger partial charge in [0.05, 0.1) is 7.11 Å². The minimum Gasteiger partial charge on any atom is -0.482 e. The van der Waals surface area contributed by atoms with Gasteiger partial charge < -0.3 is 24.3 Å². The van der Waals surface area contributed by atoms with Gasteiger partial charge in [0.1, 0.15) is 23.2 Å². The average Bonchev–Trinajstić information content (AvgIpc) is 3.15. The summed E-state index contributed by atoms with van der Waals surface area (Å²) in [5.41, 5.74) is 2.88. The Kier molecular flexibility index (Phi) is 6.90. The number of furan rings is 1. The number of fused-ring (bicyclic) bond motifs is 1. The molecule has 0 aliphatic carbocycles. The second-order valence-electron chi connectivity index (χ2n) is 7.18. The van der Waals surface area contributed by atoms with Gasteiger partial charge in [-0.3, -0.25) is 0 Å². The molecule has 0 saturated heterocycles. The first-order chi connectivity index (χ1) is 14.0. The van der Waals surface area contributed by atoms with Gasteiger partial charge in [-0.15, -0.1) is 0 Å². The molecule has 2 N–H and O–H groups in total. The van der Waals surface area contributed by atoms with Crippen molar-refractivity contribution in [3.05, 3.63) is 65.4 Å². The van der Waals surface area contributed by atoms with Gasteiger partial charge in [-0.25, -0.2) is 4.79 Å². The SMILES string of the molecule is COC(=O)COc1ccc(CC(C)NCC(O)c2cc3ccccc3o2)cc1C. The van der Waals surface area contributed by atoms with Crippen LogP contribution in [0.5, 0.6) is 5.75 Å². The molecule has 0 fully saturated rings. The molecule has 3 aromatic rings. The van der Waals surface area contributed by atoms with E-state index in [2.05, 4.69) is 17.0 Å². The highest BCUT2D eigenvalue weighted by atomic mass is 16.6. The number of para-hydroxylation sites is 1. The molecule has 2 aromatic carbocycles. The van der Waals surface area contributed by atoms with E-state index in [1.807, 2.05) is 55.5 Å². The fourth-order valence-electron chi connectivity index (χ4n) is 3.20. The van der Waals surface area contributed by atoms with Crippen LogP contribution in [0.2, 0.25) is 0 Å². The largest absolute Gasteiger partial charge is 0.482 e. The summed E-state index contributed by atoms with van der Waals surface area (Å²) >= 11 is 0. The minimum atomic E-state index is -0.708. The van der Waals surface area contributed by atoms with Gasteiger partial charge >= 0.3 is 5.97 Å². The maximum Gasteiger partial charge on any atom is 0.343 e. The van der Waals surface area contributed by atoms with Crippen molar-refractivity contribution in [1.29, 1.82) is 0 Å². The topological polar surface area (TPSA) is 80.9 Å². The number of ether oxygens (including phenoxy) is 2. The van der Waals surface area contributed by atoms with E-state index in [1.165, 1.54) is 7.11 Å². The smallest absolute Gasteiger partial charge is 0.343 e. The predicted molar refractivity (Wildman–Crippen MR) is 111 cm³/mol. The van der Waals surface area contributed by atoms with E-state index in [4.69, 9.17) is 9.15 Å². The summed E-state index contributed by atoms with van der Waals surface area (Å²) in [7, 11) is 1.33. The summed E-state index contributed by atoms with van der Waals surface area (Å²) in [6.07, 6.45) is 0.0889. The summed E-state index contributed by atoms with van der Waals surface area (Å²) in [6, 6.07) is 15.6. The summed E-state index contributed by atoms with van der Waals surface area (Å²) in [5, 5.41) is 14.8. The second-order valence-corrected chi connectivity index (χ2v) is 7.18. The Morgan fingerprint density at radius 3 is 2.72 bits per heavy atom. The number of carbonyl (C=O) groups is 1. The molecular formula is C23H27NO5. The third-order valence-corrected chi connectivity index (χ3v) is 4.79. The van der Waals surface area contributed by atoms with E-state index in [1.54, 1.807) is 0 Å². The van der Waals surface area contributed by atoms with Crippen molar-refractivity contribution in [3.63, 3.8) is 0 Å². The Labute approximate surface area is 170 Å². The van der Waals surface area contributed by atoms with Crippen molar-refractivity contribution in [3.8, 4) is 5.75 Å². The monoisotopic (exact) mass is 397 g/mol. The van der Waals surface area contributed by atoms with Crippen LogP contribution in [0.1, 0.15) is 29.9 Å². The summed E-state index contributed by atoms with van der Waals surface area (Å²) in [5.74, 6) is 0.822. The van der Waals surface area contributed by atoms with Crippen LogP contribution >= 0.6 is 0 Å². The molecule has 3 rings (SSSR count). The number of nitrogens with one attached hydrogen (secondary N) is 1. The van der Waals surface area contributed by atoms with Crippen LogP contribution < -0.4 is 10.1 Å². The Hall–Kier alpha value is -2.83. The number of methoxy groups -OCH3 is 1. The zero-order chi connectivity index (χ0) is 20.8. The van der Waals surface area contributed by atoms with Crippen LogP contribution in [0.4, 0.5) is 0 Å². The number of esters is 1. The van der Waals surface area contributed by atoms with Crippen LogP contribution in [0.3, 0.4) is 0 Å². The van der Waals surface area contributed by atoms with Crippen LogP contribution in [0.25, 0.3) is 11.0 Å². The zero-order valence-corrected chi connectivity index (χ0v) is 17.0. The zero-order valence-electron chi connectivity index (χ0n) is 17.0. The highest BCUT2D eigenvalue weighted by molar-refractivity contribution is 5.77. The van der Waals surface area contributed by atoms with E-state index < -0.39 is 12.1 Å². The third-order valence-electron chi connectivity index (χ3n) is 4.79. The van der Waals surface area contributed by atoms with Crippen molar-refractivity contribution >= 4 is 16.9 Å². The molecule has 6 heteroatoms. The molecule has 1 aromatic heterocycles. The highest BCUT2D eigenvalue weighted by Gasteiger charge is 2.15. The van der Waals surface area contributed by atoms with E-state index in [-0.39, 0.29) is 12.6 Å². The number of benzene rings is 2. The fraction of sp³-hybridized carbons (Fsp3) is 0.348. The van der Waals surface area contributed by atoms with Gasteiger partial charge in [-0.2, -0.15) is 0 Å². The summed E-state index contributed by atoms with van der Waals surface area (Å²) < 4.78 is 15.8. The Balaban J connectivity index is 1.51. The van der Waals surface area contributed by atoms with Crippen molar-refractivity contribution in [1.82, 2.24) is 5.32 Å². The van der Waals surface area contributed by atoms with Crippen molar-refractivity contribution < 1.29 is 23.8 Å². The maximum atomic E-state index is 11.2. The van der Waals surface area contributed by atoms with E-state index >= 15 is 0 Å². The first-order valence-electron chi connectivity index (χ1n) is 9.65. The Morgan fingerprint density at radius 1 is 1.21 bits per heavy atom. The Morgan fingerprint density at radius 2 is 2.00 bits per heavy atom. The number of hydrogen-bond donors (Lipinski definition) is 2. The normalized spacial score (nSPS) is 13.2. The number of carbonyl (C=O) groups excluding carboxylic acids is 1. The van der Waals surface area contributed by atoms with Gasteiger partial charge in [0.2, 0.25) is 0 Å². The highest BCUT2D eigenvalue weighted by Crippen LogP contribution is 2.24. The lowest BCUT2D eigenvalue weighted by atomic mass is 10.0. The van der Waals surface area contributed by atoms with Crippen LogP contribution in [-0.4, -0.2) is 37.4 Å². The van der Waals surface area contributed by atoms with E-state index in [9.17, 15) is 9.90 Å². The lowest BCUT2D eigenvalue weighted by molar-refractivity contribution is -0.142. The molecule has 0 radical (unpaired) electrons. The molecule has 0 saturated carbocycles. The van der Waals surface area contributed by atoms with Gasteiger partial charge in [0.15, 0.2) is 6.61 Å². The van der Waals surface area contributed by atoms with E-state index in [0.717, 1.165) is 28.5 Å². The lowest BCUT2D eigenvalue weighted by Gasteiger charge is -2.17. The molecule has 1 heterocycles. The molecule has 6 nitrogen and oxygen atoms in total. The molecule has 0 aliphatic heterocycles. The van der Waals surface area contributed by atoms with Crippen molar-refractivity contribution in [2.45, 2.75) is 32.4 Å². The first kappa shape index (κ1) is 20.9. The standard InChI is InChI=1S/C23H27NO5/c1-15-10-17(8-9-20(15)28-14-23(26)27-3)11-16(2)24-13-19(25)22-12-18-6-4-5-7-21(18)29-22/h4-10,12,16,19,24-25H,11,13-14H2,1-3H3.